The van der Waals surface area contributed by atoms with E-state index in [2.05, 4.69) is 22.4 Å². The van der Waals surface area contributed by atoms with E-state index in [1.807, 2.05) is 26.0 Å². The van der Waals surface area contributed by atoms with Gasteiger partial charge in [-0.25, -0.2) is 4.98 Å². The van der Waals surface area contributed by atoms with Crippen LogP contribution >= 0.6 is 11.8 Å². The minimum absolute atomic E-state index is 0.00704. The fourth-order valence-corrected chi connectivity index (χ4v) is 7.81. The van der Waals surface area contributed by atoms with Crippen molar-refractivity contribution in [1.82, 2.24) is 15.5 Å². The summed E-state index contributed by atoms with van der Waals surface area (Å²) < 4.78 is 5.27. The van der Waals surface area contributed by atoms with Gasteiger partial charge in [-0.3, -0.25) is 4.79 Å². The number of nitrogens with one attached hydrogen (secondary N) is 1. The molecule has 4 aliphatic rings. The second kappa shape index (κ2) is 7.70. The first kappa shape index (κ1) is 20.1. The summed E-state index contributed by atoms with van der Waals surface area (Å²) in [4.78, 5) is 17.8. The molecule has 6 heteroatoms. The average Bonchev–Trinajstić information content (AvgIpc) is 3.03. The second-order valence-electron chi connectivity index (χ2n) is 9.92. The van der Waals surface area contributed by atoms with Crippen molar-refractivity contribution in [2.45, 2.75) is 76.1 Å². The van der Waals surface area contributed by atoms with Gasteiger partial charge in [-0.15, -0.1) is 11.8 Å². The van der Waals surface area contributed by atoms with Crippen molar-refractivity contribution < 1.29 is 9.32 Å². The zero-order valence-electron chi connectivity index (χ0n) is 18.1. The molecule has 0 aliphatic heterocycles. The van der Waals surface area contributed by atoms with Crippen LogP contribution in [0.5, 0.6) is 0 Å². The van der Waals surface area contributed by atoms with E-state index >= 15 is 0 Å². The summed E-state index contributed by atoms with van der Waals surface area (Å²) >= 11 is 1.58. The molecular weight excluding hydrogens is 394 g/mol. The van der Waals surface area contributed by atoms with Gasteiger partial charge in [0.05, 0.1) is 11.3 Å². The molecule has 1 atom stereocenters. The molecule has 0 aromatic carbocycles. The van der Waals surface area contributed by atoms with Gasteiger partial charge in [0.1, 0.15) is 10.8 Å². The average molecular weight is 426 g/mol. The van der Waals surface area contributed by atoms with Gasteiger partial charge in [-0.2, -0.15) is 0 Å². The number of pyridine rings is 1. The lowest BCUT2D eigenvalue weighted by atomic mass is 9.48. The van der Waals surface area contributed by atoms with Gasteiger partial charge in [-0.05, 0) is 94.6 Å². The third-order valence-electron chi connectivity index (χ3n) is 7.90. The van der Waals surface area contributed by atoms with Gasteiger partial charge in [-0.1, -0.05) is 5.16 Å². The van der Waals surface area contributed by atoms with Crippen LogP contribution in [-0.2, 0) is 5.75 Å². The molecule has 4 bridgehead atoms. The number of carbonyl (C=O) groups is 1. The van der Waals surface area contributed by atoms with Gasteiger partial charge in [0, 0.05) is 23.6 Å². The predicted molar refractivity (Wildman–Crippen MR) is 117 cm³/mol. The van der Waals surface area contributed by atoms with Crippen molar-refractivity contribution in [3.8, 4) is 0 Å². The minimum atomic E-state index is 0.00704. The van der Waals surface area contributed by atoms with E-state index in [9.17, 15) is 4.79 Å². The van der Waals surface area contributed by atoms with E-state index in [4.69, 9.17) is 4.52 Å². The molecule has 160 valence electrons. The lowest BCUT2D eigenvalue weighted by molar-refractivity contribution is -0.0688. The van der Waals surface area contributed by atoms with E-state index in [1.165, 1.54) is 38.5 Å². The molecule has 6 rings (SSSR count). The quantitative estimate of drug-likeness (QED) is 0.635. The maximum atomic E-state index is 13.3. The molecule has 4 saturated carbocycles. The van der Waals surface area contributed by atoms with Gasteiger partial charge >= 0.3 is 0 Å². The molecule has 1 unspecified atom stereocenters. The SMILES string of the molecule is Cc1noc(C)c1CSc1ncccc1C(=O)NC(C)C12CC3CC(CC(C3)C1)C2. The highest BCUT2D eigenvalue weighted by Gasteiger charge is 2.53. The number of aromatic nitrogens is 2. The van der Waals surface area contributed by atoms with Gasteiger partial charge in [0.25, 0.3) is 5.91 Å². The lowest BCUT2D eigenvalue weighted by Gasteiger charge is -2.59. The standard InChI is InChI=1S/C24H31N3O2S/c1-14-21(15(2)29-27-14)13-30-23-20(5-4-6-25-23)22(28)26-16(3)24-10-17-7-18(11-24)9-19(8-17)12-24/h4-6,16-19H,7-13H2,1-3H3,(H,26,28). The molecule has 1 N–H and O–H groups in total. The fraction of sp³-hybridized carbons (Fsp3) is 0.625. The zero-order chi connectivity index (χ0) is 20.9. The Labute approximate surface area is 182 Å². The highest BCUT2D eigenvalue weighted by atomic mass is 32.2. The molecule has 1 amide bonds. The van der Waals surface area contributed by atoms with E-state index in [0.717, 1.165) is 39.8 Å². The van der Waals surface area contributed by atoms with E-state index in [0.29, 0.717) is 16.7 Å². The Kier molecular flexibility index (Phi) is 5.16. The van der Waals surface area contributed by atoms with Crippen LogP contribution in [0.2, 0.25) is 0 Å². The van der Waals surface area contributed by atoms with Gasteiger partial charge in [0.15, 0.2) is 0 Å². The molecule has 2 aromatic rings. The first-order valence-corrected chi connectivity index (χ1v) is 12.2. The minimum Gasteiger partial charge on any atom is -0.361 e. The van der Waals surface area contributed by atoms with Crippen LogP contribution in [0.3, 0.4) is 0 Å². The smallest absolute Gasteiger partial charge is 0.254 e. The predicted octanol–water partition coefficient (Wildman–Crippen LogP) is 5.31. The second-order valence-corrected chi connectivity index (χ2v) is 10.9. The summed E-state index contributed by atoms with van der Waals surface area (Å²) in [6, 6.07) is 3.95. The van der Waals surface area contributed by atoms with Crippen LogP contribution in [-0.4, -0.2) is 22.1 Å². The first-order chi connectivity index (χ1) is 14.4. The summed E-state index contributed by atoms with van der Waals surface area (Å²) in [6.45, 7) is 6.11. The van der Waals surface area contributed by atoms with E-state index in [-0.39, 0.29) is 11.9 Å². The molecule has 2 aromatic heterocycles. The van der Waals surface area contributed by atoms with Crippen LogP contribution in [0.4, 0.5) is 0 Å². The Morgan fingerprint density at radius 1 is 1.23 bits per heavy atom. The summed E-state index contributed by atoms with van der Waals surface area (Å²) in [5.41, 5.74) is 2.96. The van der Waals surface area contributed by atoms with Crippen LogP contribution < -0.4 is 5.32 Å². The van der Waals surface area contributed by atoms with Crippen molar-refractivity contribution in [2.75, 3.05) is 0 Å². The van der Waals surface area contributed by atoms with Crippen molar-refractivity contribution in [2.24, 2.45) is 23.2 Å². The molecule has 2 heterocycles. The van der Waals surface area contributed by atoms with E-state index in [1.54, 1.807) is 18.0 Å². The van der Waals surface area contributed by atoms with Crippen molar-refractivity contribution >= 4 is 17.7 Å². The van der Waals surface area contributed by atoms with Crippen LogP contribution in [0.15, 0.2) is 27.9 Å². The Balaban J connectivity index is 1.30. The number of amides is 1. The van der Waals surface area contributed by atoms with Crippen LogP contribution in [0.25, 0.3) is 0 Å². The van der Waals surface area contributed by atoms with Crippen molar-refractivity contribution in [3.63, 3.8) is 0 Å². The van der Waals surface area contributed by atoms with E-state index < -0.39 is 0 Å². The largest absolute Gasteiger partial charge is 0.361 e. The Morgan fingerprint density at radius 3 is 2.50 bits per heavy atom. The summed E-state index contributed by atoms with van der Waals surface area (Å²) in [7, 11) is 0. The van der Waals surface area contributed by atoms with Crippen molar-refractivity contribution in [3.05, 3.63) is 40.9 Å². The molecule has 4 fully saturated rings. The Hall–Kier alpha value is -1.82. The highest BCUT2D eigenvalue weighted by Crippen LogP contribution is 2.61. The first-order valence-electron chi connectivity index (χ1n) is 11.2. The third-order valence-corrected chi connectivity index (χ3v) is 8.93. The zero-order valence-corrected chi connectivity index (χ0v) is 18.9. The van der Waals surface area contributed by atoms with Gasteiger partial charge < -0.3 is 9.84 Å². The third kappa shape index (κ3) is 3.57. The maximum absolute atomic E-state index is 13.3. The molecule has 0 saturated heterocycles. The molecule has 0 spiro atoms. The monoisotopic (exact) mass is 425 g/mol. The number of carbonyl (C=O) groups excluding carboxylic acids is 1. The maximum Gasteiger partial charge on any atom is 0.254 e. The lowest BCUT2D eigenvalue weighted by Crippen LogP contribution is -2.55. The number of nitrogens with zero attached hydrogens (tertiary/aromatic N) is 2. The fourth-order valence-electron chi connectivity index (χ4n) is 6.66. The number of thioether (sulfide) groups is 1. The summed E-state index contributed by atoms with van der Waals surface area (Å²) in [5, 5.41) is 8.18. The number of aryl methyl sites for hydroxylation is 2. The number of hydrogen-bond donors (Lipinski definition) is 1. The topological polar surface area (TPSA) is 68.0 Å². The molecule has 30 heavy (non-hydrogen) atoms. The molecular formula is C24H31N3O2S. The molecule has 4 aliphatic carbocycles. The van der Waals surface area contributed by atoms with Crippen LogP contribution in [0, 0.1) is 37.0 Å². The normalized spacial score (nSPS) is 30.4. The summed E-state index contributed by atoms with van der Waals surface area (Å²) in [5.74, 6) is 4.19. The van der Waals surface area contributed by atoms with Gasteiger partial charge in [0.2, 0.25) is 0 Å². The number of rotatable bonds is 6. The molecule has 5 nitrogen and oxygen atoms in total. The molecule has 0 radical (unpaired) electrons. The van der Waals surface area contributed by atoms with Crippen LogP contribution in [0.1, 0.15) is 72.8 Å². The highest BCUT2D eigenvalue weighted by molar-refractivity contribution is 7.98. The summed E-state index contributed by atoms with van der Waals surface area (Å²) in [6.07, 6.45) is 9.90. The Morgan fingerprint density at radius 2 is 1.90 bits per heavy atom. The Bertz CT molecular complexity index is 899. The number of hydrogen-bond acceptors (Lipinski definition) is 5. The van der Waals surface area contributed by atoms with Crippen molar-refractivity contribution in [1.29, 1.82) is 0 Å².